The molecule has 3 rings (SSSR count). The molecule has 1 N–H and O–H groups in total. The van der Waals surface area contributed by atoms with Gasteiger partial charge in [0.1, 0.15) is 11.3 Å². The SMILES string of the molecule is COCCN1CCCC(CNC(=O)c2ccc3oc(C)cc3c2)C1. The van der Waals surface area contributed by atoms with Gasteiger partial charge in [0.2, 0.25) is 0 Å². The van der Waals surface area contributed by atoms with E-state index in [9.17, 15) is 4.79 Å². The van der Waals surface area contributed by atoms with Crippen LogP contribution in [0.15, 0.2) is 28.7 Å². The molecule has 0 aliphatic carbocycles. The first-order valence-electron chi connectivity index (χ1n) is 8.65. The molecule has 1 amide bonds. The molecule has 1 fully saturated rings. The van der Waals surface area contributed by atoms with Crippen LogP contribution in [-0.2, 0) is 4.74 Å². The van der Waals surface area contributed by atoms with Crippen molar-refractivity contribution in [1.29, 1.82) is 0 Å². The fourth-order valence-corrected chi connectivity index (χ4v) is 3.40. The minimum atomic E-state index is -0.00947. The Balaban J connectivity index is 1.54. The van der Waals surface area contributed by atoms with E-state index in [1.807, 2.05) is 31.2 Å². The van der Waals surface area contributed by atoms with Crippen LogP contribution in [0.1, 0.15) is 29.0 Å². The van der Waals surface area contributed by atoms with Crippen LogP contribution in [0, 0.1) is 12.8 Å². The Hall–Kier alpha value is -1.85. The molecule has 24 heavy (non-hydrogen) atoms. The number of carbonyl (C=O) groups excluding carboxylic acids is 1. The van der Waals surface area contributed by atoms with Crippen molar-refractivity contribution in [3.63, 3.8) is 0 Å². The number of rotatable bonds is 6. The van der Waals surface area contributed by atoms with E-state index in [1.54, 1.807) is 7.11 Å². The molecule has 1 unspecified atom stereocenters. The second-order valence-corrected chi connectivity index (χ2v) is 6.62. The predicted octanol–water partition coefficient (Wildman–Crippen LogP) is 2.83. The molecule has 0 spiro atoms. The first-order chi connectivity index (χ1) is 11.7. The molecule has 5 heteroatoms. The topological polar surface area (TPSA) is 54.7 Å². The number of benzene rings is 1. The molecule has 1 atom stereocenters. The molecule has 0 bridgehead atoms. The lowest BCUT2D eigenvalue weighted by molar-refractivity contribution is 0.0913. The van der Waals surface area contributed by atoms with Gasteiger partial charge >= 0.3 is 0 Å². The van der Waals surface area contributed by atoms with Crippen LogP contribution in [0.3, 0.4) is 0 Å². The van der Waals surface area contributed by atoms with Crippen LogP contribution in [0.4, 0.5) is 0 Å². The summed E-state index contributed by atoms with van der Waals surface area (Å²) in [5, 5.41) is 4.06. The van der Waals surface area contributed by atoms with E-state index in [0.717, 1.165) is 49.5 Å². The number of aryl methyl sites for hydroxylation is 1. The van der Waals surface area contributed by atoms with Gasteiger partial charge in [0.15, 0.2) is 0 Å². The lowest BCUT2D eigenvalue weighted by atomic mass is 9.98. The van der Waals surface area contributed by atoms with E-state index >= 15 is 0 Å². The number of furan rings is 1. The van der Waals surface area contributed by atoms with Crippen molar-refractivity contribution in [2.45, 2.75) is 19.8 Å². The number of amides is 1. The number of hydrogen-bond acceptors (Lipinski definition) is 4. The monoisotopic (exact) mass is 330 g/mol. The molecule has 2 aromatic rings. The van der Waals surface area contributed by atoms with Crippen molar-refractivity contribution >= 4 is 16.9 Å². The second kappa shape index (κ2) is 7.81. The van der Waals surface area contributed by atoms with Gasteiger partial charge in [0.25, 0.3) is 5.91 Å². The fourth-order valence-electron chi connectivity index (χ4n) is 3.40. The van der Waals surface area contributed by atoms with Gasteiger partial charge in [0, 0.05) is 37.7 Å². The third-order valence-electron chi connectivity index (χ3n) is 4.67. The number of hydrogen-bond donors (Lipinski definition) is 1. The minimum Gasteiger partial charge on any atom is -0.461 e. The van der Waals surface area contributed by atoms with Crippen molar-refractivity contribution in [2.75, 3.05) is 39.9 Å². The number of likely N-dealkylation sites (tertiary alicyclic amines) is 1. The molecule has 1 aromatic carbocycles. The largest absolute Gasteiger partial charge is 0.461 e. The van der Waals surface area contributed by atoms with E-state index in [4.69, 9.17) is 9.15 Å². The average molecular weight is 330 g/mol. The van der Waals surface area contributed by atoms with Crippen LogP contribution in [0.2, 0.25) is 0 Å². The Morgan fingerprint density at radius 2 is 2.29 bits per heavy atom. The Morgan fingerprint density at radius 3 is 3.12 bits per heavy atom. The van der Waals surface area contributed by atoms with Gasteiger partial charge < -0.3 is 19.4 Å². The molecule has 0 saturated carbocycles. The summed E-state index contributed by atoms with van der Waals surface area (Å²) in [6.07, 6.45) is 2.36. The summed E-state index contributed by atoms with van der Waals surface area (Å²) < 4.78 is 10.7. The first kappa shape index (κ1) is 17.0. The zero-order valence-electron chi connectivity index (χ0n) is 14.5. The molecule has 1 aromatic heterocycles. The standard InChI is InChI=1S/C19H26N2O3/c1-14-10-17-11-16(5-6-18(17)24-14)19(22)20-12-15-4-3-7-21(13-15)8-9-23-2/h5-6,10-11,15H,3-4,7-9,12-13H2,1-2H3,(H,20,22). The predicted molar refractivity (Wildman–Crippen MR) is 94.3 cm³/mol. The zero-order chi connectivity index (χ0) is 16.9. The molecule has 1 aliphatic rings. The van der Waals surface area contributed by atoms with E-state index in [-0.39, 0.29) is 5.91 Å². The summed E-state index contributed by atoms with van der Waals surface area (Å²) in [5.74, 6) is 1.37. The molecule has 2 heterocycles. The maximum atomic E-state index is 12.4. The molecule has 1 saturated heterocycles. The number of carbonyl (C=O) groups is 1. The Kier molecular flexibility index (Phi) is 5.53. The quantitative estimate of drug-likeness (QED) is 0.885. The van der Waals surface area contributed by atoms with Gasteiger partial charge in [0.05, 0.1) is 6.61 Å². The van der Waals surface area contributed by atoms with Crippen molar-refractivity contribution in [2.24, 2.45) is 5.92 Å². The highest BCUT2D eigenvalue weighted by Crippen LogP contribution is 2.20. The zero-order valence-corrected chi connectivity index (χ0v) is 14.5. The molecular weight excluding hydrogens is 304 g/mol. The van der Waals surface area contributed by atoms with E-state index in [1.165, 1.54) is 12.8 Å². The number of ether oxygens (including phenoxy) is 1. The van der Waals surface area contributed by atoms with Crippen LogP contribution < -0.4 is 5.32 Å². The van der Waals surface area contributed by atoms with E-state index < -0.39 is 0 Å². The summed E-state index contributed by atoms with van der Waals surface area (Å²) >= 11 is 0. The molecule has 5 nitrogen and oxygen atoms in total. The summed E-state index contributed by atoms with van der Waals surface area (Å²) in [6.45, 7) is 6.54. The smallest absolute Gasteiger partial charge is 0.251 e. The lowest BCUT2D eigenvalue weighted by Crippen LogP contribution is -2.42. The first-order valence-corrected chi connectivity index (χ1v) is 8.65. The maximum Gasteiger partial charge on any atom is 0.251 e. The normalized spacial score (nSPS) is 18.8. The number of nitrogens with one attached hydrogen (secondary N) is 1. The summed E-state index contributed by atoms with van der Waals surface area (Å²) in [4.78, 5) is 14.8. The van der Waals surface area contributed by atoms with Gasteiger partial charge in [-0.3, -0.25) is 4.79 Å². The third kappa shape index (κ3) is 4.16. The van der Waals surface area contributed by atoms with Crippen LogP contribution in [0.25, 0.3) is 11.0 Å². The van der Waals surface area contributed by atoms with Gasteiger partial charge in [-0.1, -0.05) is 0 Å². The van der Waals surface area contributed by atoms with Crippen LogP contribution >= 0.6 is 0 Å². The average Bonchev–Trinajstić information content (AvgIpc) is 2.97. The minimum absolute atomic E-state index is 0.00947. The highest BCUT2D eigenvalue weighted by Gasteiger charge is 2.20. The molecule has 130 valence electrons. The summed E-state index contributed by atoms with van der Waals surface area (Å²) in [6, 6.07) is 7.55. The lowest BCUT2D eigenvalue weighted by Gasteiger charge is -2.32. The molecule has 0 radical (unpaired) electrons. The highest BCUT2D eigenvalue weighted by atomic mass is 16.5. The molecule has 1 aliphatic heterocycles. The van der Waals surface area contributed by atoms with Crippen molar-refractivity contribution < 1.29 is 13.9 Å². The van der Waals surface area contributed by atoms with E-state index in [2.05, 4.69) is 10.2 Å². The van der Waals surface area contributed by atoms with Crippen LogP contribution in [-0.4, -0.2) is 50.7 Å². The van der Waals surface area contributed by atoms with Crippen molar-refractivity contribution in [1.82, 2.24) is 10.2 Å². The van der Waals surface area contributed by atoms with Gasteiger partial charge in [-0.05, 0) is 56.5 Å². The Labute approximate surface area is 143 Å². The number of piperidine rings is 1. The number of methoxy groups -OCH3 is 1. The van der Waals surface area contributed by atoms with E-state index in [0.29, 0.717) is 11.5 Å². The van der Waals surface area contributed by atoms with Crippen molar-refractivity contribution in [3.8, 4) is 0 Å². The van der Waals surface area contributed by atoms with Gasteiger partial charge in [-0.15, -0.1) is 0 Å². The van der Waals surface area contributed by atoms with Gasteiger partial charge in [-0.2, -0.15) is 0 Å². The van der Waals surface area contributed by atoms with Gasteiger partial charge in [-0.25, -0.2) is 0 Å². The summed E-state index contributed by atoms with van der Waals surface area (Å²) in [7, 11) is 1.74. The molecular formula is C19H26N2O3. The number of fused-ring (bicyclic) bond motifs is 1. The Bertz CT molecular complexity index is 695. The summed E-state index contributed by atoms with van der Waals surface area (Å²) in [5.41, 5.74) is 1.51. The fraction of sp³-hybridized carbons (Fsp3) is 0.526. The highest BCUT2D eigenvalue weighted by molar-refractivity contribution is 5.97. The second-order valence-electron chi connectivity index (χ2n) is 6.62. The number of nitrogens with zero attached hydrogens (tertiary/aromatic N) is 1. The maximum absolute atomic E-state index is 12.4. The third-order valence-corrected chi connectivity index (χ3v) is 4.67. The van der Waals surface area contributed by atoms with Crippen LogP contribution in [0.5, 0.6) is 0 Å². The van der Waals surface area contributed by atoms with Crippen molar-refractivity contribution in [3.05, 3.63) is 35.6 Å². The Morgan fingerprint density at radius 1 is 1.42 bits per heavy atom.